The molecule has 0 aromatic rings. The van der Waals surface area contributed by atoms with E-state index in [9.17, 15) is 0 Å². The van der Waals surface area contributed by atoms with Gasteiger partial charge in [-0.05, 0) is 41.6 Å². The Kier molecular flexibility index (Phi) is 1.80. The predicted molar refractivity (Wildman–Crippen MR) is 71.4 cm³/mol. The maximum absolute atomic E-state index is 2.42. The van der Waals surface area contributed by atoms with Crippen LogP contribution < -0.4 is 0 Å². The highest BCUT2D eigenvalue weighted by Crippen LogP contribution is 2.50. The molecule has 0 saturated heterocycles. The average molecular weight is 220 g/mol. The van der Waals surface area contributed by atoms with Crippen LogP contribution in [0.15, 0.2) is 70.9 Å². The monoisotopic (exact) mass is 220 g/mol. The highest BCUT2D eigenvalue weighted by molar-refractivity contribution is 5.56. The Bertz CT molecular complexity index is 561. The standard InChI is InChI=1S/C17H16/c1-11-5-6-14-8-7-12-3-2-4-13-9-10-15(11)17(14)16(12)13/h2,4-10,12,16-17H,3H2,1H3. The first-order valence-electron chi connectivity index (χ1n) is 6.50. The first-order chi connectivity index (χ1) is 8.34. The molecule has 0 N–H and O–H groups in total. The van der Waals surface area contributed by atoms with Gasteiger partial charge in [-0.2, -0.15) is 0 Å². The molecule has 17 heavy (non-hydrogen) atoms. The zero-order valence-electron chi connectivity index (χ0n) is 10.1. The highest BCUT2D eigenvalue weighted by atomic mass is 14.4. The molecule has 4 aliphatic carbocycles. The van der Waals surface area contributed by atoms with Gasteiger partial charge in [0.1, 0.15) is 0 Å². The van der Waals surface area contributed by atoms with Gasteiger partial charge in [-0.25, -0.2) is 0 Å². The van der Waals surface area contributed by atoms with E-state index >= 15 is 0 Å². The molecule has 0 amide bonds. The molecule has 0 bridgehead atoms. The largest absolute Gasteiger partial charge is 0.0836 e. The summed E-state index contributed by atoms with van der Waals surface area (Å²) in [6, 6.07) is 0. The molecular formula is C17H16. The topological polar surface area (TPSA) is 0 Å². The summed E-state index contributed by atoms with van der Waals surface area (Å²) >= 11 is 0. The van der Waals surface area contributed by atoms with E-state index in [4.69, 9.17) is 0 Å². The zero-order chi connectivity index (χ0) is 11.4. The summed E-state index contributed by atoms with van der Waals surface area (Å²) in [6.07, 6.45) is 19.9. The SMILES string of the molecule is CC1=CC=C2C=CC3CC=CC4=CC=C1C2C43. The fourth-order valence-electron chi connectivity index (χ4n) is 3.73. The van der Waals surface area contributed by atoms with Crippen molar-refractivity contribution in [1.82, 2.24) is 0 Å². The van der Waals surface area contributed by atoms with E-state index < -0.39 is 0 Å². The maximum Gasteiger partial charge on any atom is 0.0166 e. The van der Waals surface area contributed by atoms with E-state index in [1.54, 1.807) is 5.57 Å². The first kappa shape index (κ1) is 9.47. The molecular weight excluding hydrogens is 204 g/mol. The van der Waals surface area contributed by atoms with Crippen LogP contribution in [0.3, 0.4) is 0 Å². The summed E-state index contributed by atoms with van der Waals surface area (Å²) < 4.78 is 0. The van der Waals surface area contributed by atoms with Crippen molar-refractivity contribution >= 4 is 0 Å². The number of allylic oxidation sites excluding steroid dienone is 12. The van der Waals surface area contributed by atoms with Gasteiger partial charge < -0.3 is 0 Å². The van der Waals surface area contributed by atoms with Gasteiger partial charge in [0.2, 0.25) is 0 Å². The molecule has 0 fully saturated rings. The van der Waals surface area contributed by atoms with Crippen molar-refractivity contribution in [3.63, 3.8) is 0 Å². The van der Waals surface area contributed by atoms with Crippen molar-refractivity contribution in [3.8, 4) is 0 Å². The van der Waals surface area contributed by atoms with Gasteiger partial charge >= 0.3 is 0 Å². The molecule has 84 valence electrons. The molecule has 0 heterocycles. The lowest BCUT2D eigenvalue weighted by Crippen LogP contribution is -2.33. The molecule has 0 spiro atoms. The van der Waals surface area contributed by atoms with E-state index in [0.29, 0.717) is 17.8 Å². The van der Waals surface area contributed by atoms with Gasteiger partial charge in [-0.1, -0.05) is 48.6 Å². The van der Waals surface area contributed by atoms with Crippen molar-refractivity contribution in [2.24, 2.45) is 17.8 Å². The maximum atomic E-state index is 2.42. The second-order valence-electron chi connectivity index (χ2n) is 5.47. The van der Waals surface area contributed by atoms with Crippen molar-refractivity contribution in [2.75, 3.05) is 0 Å². The minimum absolute atomic E-state index is 0.625. The third-order valence-electron chi connectivity index (χ3n) is 4.59. The Balaban J connectivity index is 1.97. The van der Waals surface area contributed by atoms with Crippen LogP contribution in [-0.2, 0) is 0 Å². The zero-order valence-corrected chi connectivity index (χ0v) is 10.1. The molecule has 4 aliphatic rings. The summed E-state index contributed by atoms with van der Waals surface area (Å²) in [5.74, 6) is 2.03. The Hall–Kier alpha value is -1.56. The molecule has 3 unspecified atom stereocenters. The Labute approximate surface area is 102 Å². The minimum atomic E-state index is 0.625. The highest BCUT2D eigenvalue weighted by Gasteiger charge is 2.40. The van der Waals surface area contributed by atoms with Crippen molar-refractivity contribution < 1.29 is 0 Å². The second kappa shape index (κ2) is 3.22. The predicted octanol–water partition coefficient (Wildman–Crippen LogP) is 4.12. The van der Waals surface area contributed by atoms with Crippen LogP contribution in [0.1, 0.15) is 13.3 Å². The van der Waals surface area contributed by atoms with Crippen molar-refractivity contribution in [3.05, 3.63) is 70.9 Å². The summed E-state index contributed by atoms with van der Waals surface area (Å²) in [5, 5.41) is 0. The van der Waals surface area contributed by atoms with Crippen LogP contribution in [0.4, 0.5) is 0 Å². The fraction of sp³-hybridized carbons (Fsp3) is 0.294. The van der Waals surface area contributed by atoms with Crippen LogP contribution in [-0.4, -0.2) is 0 Å². The first-order valence-corrected chi connectivity index (χ1v) is 6.50. The van der Waals surface area contributed by atoms with Gasteiger partial charge in [-0.3, -0.25) is 0 Å². The van der Waals surface area contributed by atoms with E-state index in [-0.39, 0.29) is 0 Å². The Morgan fingerprint density at radius 1 is 1.00 bits per heavy atom. The van der Waals surface area contributed by atoms with Crippen LogP contribution >= 0.6 is 0 Å². The number of hydrogen-bond acceptors (Lipinski definition) is 0. The van der Waals surface area contributed by atoms with E-state index in [2.05, 4.69) is 55.5 Å². The number of rotatable bonds is 0. The van der Waals surface area contributed by atoms with Crippen molar-refractivity contribution in [1.29, 1.82) is 0 Å². The third kappa shape index (κ3) is 1.18. The molecule has 0 aromatic carbocycles. The average Bonchev–Trinajstić information content (AvgIpc) is 2.38. The van der Waals surface area contributed by atoms with Crippen molar-refractivity contribution in [2.45, 2.75) is 13.3 Å². The van der Waals surface area contributed by atoms with Crippen LogP contribution in [0.5, 0.6) is 0 Å². The van der Waals surface area contributed by atoms with Crippen LogP contribution in [0, 0.1) is 17.8 Å². The van der Waals surface area contributed by atoms with Gasteiger partial charge in [0.15, 0.2) is 0 Å². The Morgan fingerprint density at radius 3 is 2.82 bits per heavy atom. The Morgan fingerprint density at radius 2 is 1.88 bits per heavy atom. The fourth-order valence-corrected chi connectivity index (χ4v) is 3.73. The molecule has 0 aromatic heterocycles. The van der Waals surface area contributed by atoms with Gasteiger partial charge in [-0.15, -0.1) is 0 Å². The second-order valence-corrected chi connectivity index (χ2v) is 5.47. The van der Waals surface area contributed by atoms with Gasteiger partial charge in [0, 0.05) is 11.8 Å². The molecule has 0 nitrogen and oxygen atoms in total. The quantitative estimate of drug-likeness (QED) is 0.576. The van der Waals surface area contributed by atoms with Crippen LogP contribution in [0.2, 0.25) is 0 Å². The lowest BCUT2D eigenvalue weighted by Gasteiger charge is -2.43. The van der Waals surface area contributed by atoms with Crippen LogP contribution in [0.25, 0.3) is 0 Å². The molecule has 0 saturated carbocycles. The number of hydrogen-bond donors (Lipinski definition) is 0. The summed E-state index contributed by atoms with van der Waals surface area (Å²) in [4.78, 5) is 0. The molecule has 4 rings (SSSR count). The van der Waals surface area contributed by atoms with E-state index in [1.165, 1.54) is 23.1 Å². The molecule has 0 aliphatic heterocycles. The molecule has 3 atom stereocenters. The molecule has 0 heteroatoms. The lowest BCUT2D eigenvalue weighted by atomic mass is 9.60. The summed E-state index contributed by atoms with van der Waals surface area (Å²) in [5.41, 5.74) is 6.02. The minimum Gasteiger partial charge on any atom is -0.0836 e. The van der Waals surface area contributed by atoms with E-state index in [0.717, 1.165) is 0 Å². The smallest absolute Gasteiger partial charge is 0.0166 e. The van der Waals surface area contributed by atoms with E-state index in [1.807, 2.05) is 0 Å². The third-order valence-corrected chi connectivity index (χ3v) is 4.59. The lowest BCUT2D eigenvalue weighted by molar-refractivity contribution is 0.362. The van der Waals surface area contributed by atoms with Gasteiger partial charge in [0.05, 0.1) is 0 Å². The van der Waals surface area contributed by atoms with Gasteiger partial charge in [0.25, 0.3) is 0 Å². The normalized spacial score (nSPS) is 36.6. The molecule has 0 radical (unpaired) electrons. The summed E-state index contributed by atoms with van der Waals surface area (Å²) in [7, 11) is 0. The summed E-state index contributed by atoms with van der Waals surface area (Å²) in [6.45, 7) is 2.24.